The zero-order valence-corrected chi connectivity index (χ0v) is 15.3. The molecular weight excluding hydrogens is 357 g/mol. The van der Waals surface area contributed by atoms with Gasteiger partial charge in [0.05, 0.1) is 30.3 Å². The fourth-order valence-corrected chi connectivity index (χ4v) is 2.77. The zero-order valence-electron chi connectivity index (χ0n) is 14.5. The smallest absolute Gasteiger partial charge is 0.259 e. The van der Waals surface area contributed by atoms with Crippen LogP contribution >= 0.6 is 11.6 Å². The molecule has 7 heteroatoms. The third kappa shape index (κ3) is 3.28. The number of amides is 1. The molecule has 1 aromatic heterocycles. The fourth-order valence-electron chi connectivity index (χ4n) is 2.62. The summed E-state index contributed by atoms with van der Waals surface area (Å²) in [4.78, 5) is 12.7. The molecule has 3 rings (SSSR count). The van der Waals surface area contributed by atoms with Gasteiger partial charge in [-0.1, -0.05) is 23.7 Å². The van der Waals surface area contributed by atoms with Crippen LogP contribution in [0.1, 0.15) is 21.6 Å². The number of aromatic nitrogens is 2. The maximum Gasteiger partial charge on any atom is 0.259 e. The maximum absolute atomic E-state index is 14.0. The van der Waals surface area contributed by atoms with Gasteiger partial charge in [0, 0.05) is 11.1 Å². The molecule has 0 aliphatic heterocycles. The average molecular weight is 374 g/mol. The van der Waals surface area contributed by atoms with E-state index in [1.165, 1.54) is 24.1 Å². The Morgan fingerprint density at radius 1 is 1.27 bits per heavy atom. The Balaban J connectivity index is 1.93. The fraction of sp³-hybridized carbons (Fsp3) is 0.158. The van der Waals surface area contributed by atoms with Crippen LogP contribution in [0.2, 0.25) is 5.02 Å². The van der Waals surface area contributed by atoms with Crippen molar-refractivity contribution in [3.8, 4) is 11.4 Å². The van der Waals surface area contributed by atoms with Gasteiger partial charge in [-0.3, -0.25) is 4.79 Å². The summed E-state index contributed by atoms with van der Waals surface area (Å²) in [5, 5.41) is 7.49. The van der Waals surface area contributed by atoms with Gasteiger partial charge >= 0.3 is 0 Å². The number of nitrogens with one attached hydrogen (secondary N) is 1. The average Bonchev–Trinajstić information content (AvgIpc) is 2.99. The van der Waals surface area contributed by atoms with Crippen LogP contribution in [0.25, 0.3) is 5.69 Å². The van der Waals surface area contributed by atoms with Crippen molar-refractivity contribution >= 4 is 23.2 Å². The van der Waals surface area contributed by atoms with E-state index < -0.39 is 5.82 Å². The first-order valence-electron chi connectivity index (χ1n) is 7.87. The van der Waals surface area contributed by atoms with Crippen molar-refractivity contribution in [2.75, 3.05) is 12.4 Å². The summed E-state index contributed by atoms with van der Waals surface area (Å²) in [6, 6.07) is 9.62. The van der Waals surface area contributed by atoms with E-state index in [1.807, 2.05) is 6.92 Å². The summed E-state index contributed by atoms with van der Waals surface area (Å²) < 4.78 is 20.7. The lowest BCUT2D eigenvalue weighted by atomic mass is 10.2. The van der Waals surface area contributed by atoms with Crippen molar-refractivity contribution in [3.05, 3.63) is 70.3 Å². The molecule has 2 aromatic carbocycles. The number of anilines is 1. The molecule has 0 saturated heterocycles. The first-order valence-corrected chi connectivity index (χ1v) is 8.25. The second kappa shape index (κ2) is 7.17. The van der Waals surface area contributed by atoms with Crippen molar-refractivity contribution in [2.45, 2.75) is 13.8 Å². The minimum Gasteiger partial charge on any atom is -0.495 e. The molecule has 1 N–H and O–H groups in total. The number of carbonyl (C=O) groups is 1. The molecule has 5 nitrogen and oxygen atoms in total. The number of hydrogen-bond donors (Lipinski definition) is 1. The zero-order chi connectivity index (χ0) is 18.8. The number of benzene rings is 2. The molecule has 1 amide bonds. The van der Waals surface area contributed by atoms with Gasteiger partial charge in [0.1, 0.15) is 17.3 Å². The summed E-state index contributed by atoms with van der Waals surface area (Å²) in [5.41, 5.74) is 2.45. The molecule has 0 aliphatic rings. The second-order valence-electron chi connectivity index (χ2n) is 5.76. The van der Waals surface area contributed by atoms with Crippen LogP contribution in [-0.2, 0) is 0 Å². The van der Waals surface area contributed by atoms with E-state index in [1.54, 1.807) is 37.3 Å². The summed E-state index contributed by atoms with van der Waals surface area (Å²) in [7, 11) is 1.50. The topological polar surface area (TPSA) is 56.1 Å². The van der Waals surface area contributed by atoms with Crippen molar-refractivity contribution < 1.29 is 13.9 Å². The van der Waals surface area contributed by atoms with E-state index >= 15 is 0 Å². The van der Waals surface area contributed by atoms with E-state index in [0.29, 0.717) is 27.7 Å². The highest BCUT2D eigenvalue weighted by atomic mass is 35.5. The summed E-state index contributed by atoms with van der Waals surface area (Å²) in [6.45, 7) is 3.54. The number of rotatable bonds is 4. The Morgan fingerprint density at radius 2 is 2.00 bits per heavy atom. The second-order valence-corrected chi connectivity index (χ2v) is 6.17. The number of ether oxygens (including phenoxy) is 1. The number of para-hydroxylation sites is 1. The lowest BCUT2D eigenvalue weighted by molar-refractivity contribution is 0.102. The van der Waals surface area contributed by atoms with Gasteiger partial charge in [-0.2, -0.15) is 5.10 Å². The molecule has 0 unspecified atom stereocenters. The Hall–Kier alpha value is -2.86. The van der Waals surface area contributed by atoms with Gasteiger partial charge < -0.3 is 10.1 Å². The minimum absolute atomic E-state index is 0.281. The Kier molecular flexibility index (Phi) is 4.95. The molecule has 0 saturated carbocycles. The first-order chi connectivity index (χ1) is 12.4. The number of carbonyl (C=O) groups excluding carboxylic acids is 1. The van der Waals surface area contributed by atoms with E-state index in [0.717, 1.165) is 5.56 Å². The van der Waals surface area contributed by atoms with Gasteiger partial charge in [-0.05, 0) is 37.6 Å². The third-order valence-electron chi connectivity index (χ3n) is 4.06. The van der Waals surface area contributed by atoms with E-state index in [9.17, 15) is 9.18 Å². The highest BCUT2D eigenvalue weighted by Crippen LogP contribution is 2.31. The van der Waals surface area contributed by atoms with Crippen LogP contribution in [0, 0.1) is 19.7 Å². The van der Waals surface area contributed by atoms with Crippen molar-refractivity contribution in [3.63, 3.8) is 0 Å². The van der Waals surface area contributed by atoms with Gasteiger partial charge in [0.2, 0.25) is 0 Å². The highest BCUT2D eigenvalue weighted by Gasteiger charge is 2.18. The maximum atomic E-state index is 14.0. The number of hydrogen-bond acceptors (Lipinski definition) is 3. The van der Waals surface area contributed by atoms with Crippen LogP contribution in [0.4, 0.5) is 10.1 Å². The normalized spacial score (nSPS) is 10.7. The number of aryl methyl sites for hydroxylation is 1. The van der Waals surface area contributed by atoms with E-state index in [2.05, 4.69) is 10.4 Å². The third-order valence-corrected chi connectivity index (χ3v) is 4.47. The molecule has 0 aliphatic carbocycles. The molecule has 0 spiro atoms. The predicted molar refractivity (Wildman–Crippen MR) is 99.0 cm³/mol. The Morgan fingerprint density at radius 3 is 2.69 bits per heavy atom. The predicted octanol–water partition coefficient (Wildman–Crippen LogP) is 4.54. The standard InChI is InChI=1S/C19H17ClFN3O2/c1-11-8-16(18(26-3)9-14(11)20)23-19(25)13-10-22-24(12(13)2)17-7-5-4-6-15(17)21/h4-10H,1-3H3,(H,23,25). The molecule has 3 aromatic rings. The molecular formula is C19H17ClFN3O2. The highest BCUT2D eigenvalue weighted by molar-refractivity contribution is 6.31. The van der Waals surface area contributed by atoms with Gasteiger partial charge in [0.25, 0.3) is 5.91 Å². The molecule has 26 heavy (non-hydrogen) atoms. The van der Waals surface area contributed by atoms with Crippen molar-refractivity contribution in [1.82, 2.24) is 9.78 Å². The molecule has 0 bridgehead atoms. The van der Waals surface area contributed by atoms with Crippen LogP contribution < -0.4 is 10.1 Å². The molecule has 1 heterocycles. The van der Waals surface area contributed by atoms with E-state index in [-0.39, 0.29) is 11.6 Å². The summed E-state index contributed by atoms with van der Waals surface area (Å²) >= 11 is 6.09. The monoisotopic (exact) mass is 373 g/mol. The number of methoxy groups -OCH3 is 1. The molecule has 0 radical (unpaired) electrons. The van der Waals surface area contributed by atoms with Crippen LogP contribution in [0.3, 0.4) is 0 Å². The van der Waals surface area contributed by atoms with E-state index in [4.69, 9.17) is 16.3 Å². The lowest BCUT2D eigenvalue weighted by Crippen LogP contribution is -2.14. The van der Waals surface area contributed by atoms with Gasteiger partial charge in [-0.25, -0.2) is 9.07 Å². The number of nitrogens with zero attached hydrogens (tertiary/aromatic N) is 2. The minimum atomic E-state index is -0.416. The molecule has 134 valence electrons. The number of halogens is 2. The largest absolute Gasteiger partial charge is 0.495 e. The molecule has 0 atom stereocenters. The van der Waals surface area contributed by atoms with Crippen molar-refractivity contribution in [2.24, 2.45) is 0 Å². The first kappa shape index (κ1) is 17.9. The van der Waals surface area contributed by atoms with Crippen LogP contribution in [0.5, 0.6) is 5.75 Å². The van der Waals surface area contributed by atoms with Crippen LogP contribution in [-0.4, -0.2) is 22.8 Å². The lowest BCUT2D eigenvalue weighted by Gasteiger charge is -2.12. The van der Waals surface area contributed by atoms with Crippen LogP contribution in [0.15, 0.2) is 42.6 Å². The summed E-state index contributed by atoms with van der Waals surface area (Å²) in [5.74, 6) is -0.334. The Bertz CT molecular complexity index is 985. The Labute approximate surface area is 155 Å². The van der Waals surface area contributed by atoms with Gasteiger partial charge in [0.15, 0.2) is 0 Å². The quantitative estimate of drug-likeness (QED) is 0.730. The SMILES string of the molecule is COc1cc(Cl)c(C)cc1NC(=O)c1cnn(-c2ccccc2F)c1C. The van der Waals surface area contributed by atoms with Crippen molar-refractivity contribution in [1.29, 1.82) is 0 Å². The summed E-state index contributed by atoms with van der Waals surface area (Å²) in [6.07, 6.45) is 1.41. The van der Waals surface area contributed by atoms with Gasteiger partial charge in [-0.15, -0.1) is 0 Å². The molecule has 0 fully saturated rings.